The molecule has 1 aliphatic rings. The lowest BCUT2D eigenvalue weighted by atomic mass is 9.98. The van der Waals surface area contributed by atoms with E-state index in [4.69, 9.17) is 23.7 Å². The summed E-state index contributed by atoms with van der Waals surface area (Å²) in [5.41, 5.74) is 0.877. The zero-order chi connectivity index (χ0) is 29.2. The zero-order valence-corrected chi connectivity index (χ0v) is 23.1. The van der Waals surface area contributed by atoms with Crippen molar-refractivity contribution in [3.05, 3.63) is 120 Å². The molecule has 0 N–H and O–H groups in total. The van der Waals surface area contributed by atoms with Crippen molar-refractivity contribution in [3.63, 3.8) is 0 Å². The molecule has 41 heavy (non-hydrogen) atoms. The van der Waals surface area contributed by atoms with Crippen molar-refractivity contribution in [2.75, 3.05) is 0 Å². The lowest BCUT2D eigenvalue weighted by Crippen LogP contribution is -2.61. The van der Waals surface area contributed by atoms with Gasteiger partial charge in [0.15, 0.2) is 24.6 Å². The fraction of sp³-hybridized carbons (Fsp3) is 0.303. The van der Waals surface area contributed by atoms with Gasteiger partial charge in [-0.05, 0) is 63.1 Å². The van der Waals surface area contributed by atoms with E-state index in [2.05, 4.69) is 6.58 Å². The van der Waals surface area contributed by atoms with Crippen LogP contribution in [0.5, 0.6) is 0 Å². The number of benzene rings is 3. The van der Waals surface area contributed by atoms with Crippen LogP contribution in [0.2, 0.25) is 0 Å². The maximum absolute atomic E-state index is 13.3. The monoisotopic (exact) mass is 558 g/mol. The van der Waals surface area contributed by atoms with E-state index in [1.807, 2.05) is 6.92 Å². The molecule has 6 atom stereocenters. The lowest BCUT2D eigenvalue weighted by molar-refractivity contribution is -0.300. The van der Waals surface area contributed by atoms with Crippen LogP contribution in [0.15, 0.2) is 104 Å². The molecule has 0 spiro atoms. The van der Waals surface area contributed by atoms with Crippen molar-refractivity contribution in [2.45, 2.75) is 63.5 Å². The highest BCUT2D eigenvalue weighted by atomic mass is 16.7. The minimum absolute atomic E-state index is 0.282. The van der Waals surface area contributed by atoms with Gasteiger partial charge < -0.3 is 23.7 Å². The molecule has 1 aliphatic heterocycles. The SMILES string of the molecule is C=CCC[C@@H](C)O[C@@H]1O[C@@H](C)[C@H](OC(=O)c2ccccc2)[C@@H](OC(=O)c2ccccc2)[C@H]1OC(=O)c1ccccc1. The van der Waals surface area contributed by atoms with Crippen LogP contribution < -0.4 is 0 Å². The van der Waals surface area contributed by atoms with Crippen molar-refractivity contribution in [2.24, 2.45) is 0 Å². The Balaban J connectivity index is 1.69. The van der Waals surface area contributed by atoms with Gasteiger partial charge in [0.05, 0.1) is 28.9 Å². The van der Waals surface area contributed by atoms with Gasteiger partial charge in [0, 0.05) is 0 Å². The molecule has 0 amide bonds. The summed E-state index contributed by atoms with van der Waals surface area (Å²) in [6.07, 6.45) is -2.71. The van der Waals surface area contributed by atoms with Gasteiger partial charge in [-0.25, -0.2) is 14.4 Å². The van der Waals surface area contributed by atoms with Gasteiger partial charge in [0.1, 0.15) is 0 Å². The van der Waals surface area contributed by atoms with E-state index in [0.717, 1.165) is 0 Å². The molecular weight excluding hydrogens is 524 g/mol. The molecular formula is C33H34O8. The van der Waals surface area contributed by atoms with Crippen LogP contribution in [0.3, 0.4) is 0 Å². The van der Waals surface area contributed by atoms with E-state index in [-0.39, 0.29) is 17.2 Å². The van der Waals surface area contributed by atoms with Gasteiger partial charge in [-0.2, -0.15) is 0 Å². The number of hydrogen-bond donors (Lipinski definition) is 0. The average molecular weight is 559 g/mol. The molecule has 3 aromatic carbocycles. The fourth-order valence-corrected chi connectivity index (χ4v) is 4.45. The Morgan fingerprint density at radius 3 is 1.59 bits per heavy atom. The van der Waals surface area contributed by atoms with Crippen LogP contribution >= 0.6 is 0 Å². The van der Waals surface area contributed by atoms with Gasteiger partial charge in [0.2, 0.25) is 0 Å². The summed E-state index contributed by atoms with van der Waals surface area (Å²) in [5.74, 6) is -1.99. The summed E-state index contributed by atoms with van der Waals surface area (Å²) in [4.78, 5) is 39.7. The number of allylic oxidation sites excluding steroid dienone is 1. The smallest absolute Gasteiger partial charge is 0.338 e. The molecule has 0 aliphatic carbocycles. The average Bonchev–Trinajstić information content (AvgIpc) is 3.00. The Morgan fingerprint density at radius 1 is 0.732 bits per heavy atom. The van der Waals surface area contributed by atoms with E-state index >= 15 is 0 Å². The Kier molecular flexibility index (Phi) is 10.4. The molecule has 1 saturated heterocycles. The summed E-state index contributed by atoms with van der Waals surface area (Å²) < 4.78 is 30.1. The predicted molar refractivity (Wildman–Crippen MR) is 151 cm³/mol. The second-order valence-corrected chi connectivity index (χ2v) is 9.73. The number of hydrogen-bond acceptors (Lipinski definition) is 8. The Labute approximate surface area is 239 Å². The van der Waals surface area contributed by atoms with Crippen molar-refractivity contribution < 1.29 is 38.1 Å². The maximum atomic E-state index is 13.3. The first kappa shape index (κ1) is 29.7. The topological polar surface area (TPSA) is 97.4 Å². The Hall–Kier alpha value is -4.27. The normalized spacial score (nSPS) is 22.6. The molecule has 8 heteroatoms. The number of carbonyl (C=O) groups is 3. The summed E-state index contributed by atoms with van der Waals surface area (Å²) in [6, 6.07) is 25.2. The van der Waals surface area contributed by atoms with Gasteiger partial charge >= 0.3 is 17.9 Å². The third-order valence-corrected chi connectivity index (χ3v) is 6.63. The van der Waals surface area contributed by atoms with E-state index in [9.17, 15) is 14.4 Å². The number of esters is 3. The summed E-state index contributed by atoms with van der Waals surface area (Å²) in [7, 11) is 0. The van der Waals surface area contributed by atoms with Gasteiger partial charge in [0.25, 0.3) is 0 Å². The molecule has 0 aromatic heterocycles. The molecule has 214 valence electrons. The molecule has 1 fully saturated rings. The molecule has 1 heterocycles. The number of carbonyl (C=O) groups excluding carboxylic acids is 3. The quantitative estimate of drug-likeness (QED) is 0.166. The van der Waals surface area contributed by atoms with E-state index in [1.54, 1.807) is 104 Å². The number of ether oxygens (including phenoxy) is 5. The molecule has 0 bridgehead atoms. The minimum Gasteiger partial charge on any atom is -0.452 e. The van der Waals surface area contributed by atoms with E-state index < -0.39 is 48.6 Å². The molecule has 0 unspecified atom stereocenters. The summed E-state index contributed by atoms with van der Waals surface area (Å²) >= 11 is 0. The highest BCUT2D eigenvalue weighted by molar-refractivity contribution is 5.91. The van der Waals surface area contributed by atoms with Crippen molar-refractivity contribution in [1.82, 2.24) is 0 Å². The van der Waals surface area contributed by atoms with Crippen molar-refractivity contribution in [3.8, 4) is 0 Å². The van der Waals surface area contributed by atoms with Crippen LogP contribution in [0.1, 0.15) is 57.8 Å². The maximum Gasteiger partial charge on any atom is 0.338 e. The highest BCUT2D eigenvalue weighted by Gasteiger charge is 2.52. The molecule has 4 rings (SSSR count). The van der Waals surface area contributed by atoms with E-state index in [1.165, 1.54) is 0 Å². The van der Waals surface area contributed by atoms with Crippen LogP contribution in [-0.2, 0) is 23.7 Å². The molecule has 8 nitrogen and oxygen atoms in total. The second kappa shape index (κ2) is 14.4. The van der Waals surface area contributed by atoms with Crippen molar-refractivity contribution >= 4 is 17.9 Å². The Bertz CT molecular complexity index is 1290. The molecule has 3 aromatic rings. The minimum atomic E-state index is -1.26. The standard InChI is InChI=1S/C33H34O8/c1-4-5-15-22(2)37-33-29(41-32(36)26-20-13-8-14-21-26)28(40-31(35)25-18-11-7-12-19-25)27(23(3)38-33)39-30(34)24-16-9-6-10-17-24/h4,6-14,16-23,27-29,33H,1,5,15H2,2-3H3/t22-,23+,27+,28-,29-,33-/m1/s1. The van der Waals surface area contributed by atoms with Crippen LogP contribution in [0, 0.1) is 0 Å². The predicted octanol–water partition coefficient (Wildman–Crippen LogP) is 5.78. The Morgan fingerprint density at radius 2 is 1.15 bits per heavy atom. The fourth-order valence-electron chi connectivity index (χ4n) is 4.45. The van der Waals surface area contributed by atoms with Gasteiger partial charge in [-0.1, -0.05) is 60.7 Å². The van der Waals surface area contributed by atoms with Gasteiger partial charge in [-0.3, -0.25) is 0 Å². The highest BCUT2D eigenvalue weighted by Crippen LogP contribution is 2.32. The van der Waals surface area contributed by atoms with Crippen LogP contribution in [0.4, 0.5) is 0 Å². The van der Waals surface area contributed by atoms with Crippen molar-refractivity contribution in [1.29, 1.82) is 0 Å². The zero-order valence-electron chi connectivity index (χ0n) is 23.1. The van der Waals surface area contributed by atoms with E-state index in [0.29, 0.717) is 18.4 Å². The summed E-state index contributed by atoms with van der Waals surface area (Å²) in [6.45, 7) is 7.30. The van der Waals surface area contributed by atoms with Gasteiger partial charge in [-0.15, -0.1) is 6.58 Å². The number of rotatable bonds is 11. The molecule has 0 saturated carbocycles. The third-order valence-electron chi connectivity index (χ3n) is 6.63. The van der Waals surface area contributed by atoms with Crippen LogP contribution in [-0.4, -0.2) is 54.7 Å². The molecule has 0 radical (unpaired) electrons. The first-order valence-electron chi connectivity index (χ1n) is 13.6. The first-order valence-corrected chi connectivity index (χ1v) is 13.6. The van der Waals surface area contributed by atoms with Crippen LogP contribution in [0.25, 0.3) is 0 Å². The largest absolute Gasteiger partial charge is 0.452 e. The first-order chi connectivity index (χ1) is 19.9. The second-order valence-electron chi connectivity index (χ2n) is 9.73. The lowest BCUT2D eigenvalue weighted by Gasteiger charge is -2.44. The summed E-state index contributed by atoms with van der Waals surface area (Å²) in [5, 5.41) is 0. The third kappa shape index (κ3) is 7.90.